The molecule has 2 aromatic rings. The van der Waals surface area contributed by atoms with E-state index in [1.807, 2.05) is 24.9 Å². The highest BCUT2D eigenvalue weighted by Gasteiger charge is 2.23. The van der Waals surface area contributed by atoms with Crippen LogP contribution < -0.4 is 0 Å². The maximum absolute atomic E-state index is 11.7. The molecule has 0 bridgehead atoms. The molecule has 0 unspecified atom stereocenters. The number of aryl methyl sites for hydroxylation is 2. The number of fused-ring (bicyclic) bond motifs is 1. The molecule has 88 valence electrons. The molecule has 2 aromatic heterocycles. The topological polar surface area (TPSA) is 47.8 Å². The van der Waals surface area contributed by atoms with E-state index in [-0.39, 0.29) is 5.78 Å². The van der Waals surface area contributed by atoms with Crippen molar-refractivity contribution in [3.05, 3.63) is 22.5 Å². The van der Waals surface area contributed by atoms with Crippen LogP contribution >= 0.6 is 11.3 Å². The largest absolute Gasteiger partial charge is 0.292 e. The fourth-order valence-electron chi connectivity index (χ4n) is 2.09. The maximum Gasteiger partial charge on any atom is 0.182 e. The van der Waals surface area contributed by atoms with Gasteiger partial charge in [0.05, 0.1) is 11.8 Å². The van der Waals surface area contributed by atoms with Crippen molar-refractivity contribution in [2.45, 2.75) is 26.2 Å². The minimum atomic E-state index is 0.190. The van der Waals surface area contributed by atoms with Crippen molar-refractivity contribution in [3.8, 4) is 10.6 Å². The van der Waals surface area contributed by atoms with Crippen molar-refractivity contribution in [1.29, 1.82) is 0 Å². The van der Waals surface area contributed by atoms with Crippen LogP contribution in [0.2, 0.25) is 0 Å². The molecule has 2 heterocycles. The van der Waals surface area contributed by atoms with Gasteiger partial charge in [-0.2, -0.15) is 5.10 Å². The Morgan fingerprint density at radius 3 is 2.88 bits per heavy atom. The first-order chi connectivity index (χ1) is 8.16. The molecule has 0 amide bonds. The fraction of sp³-hybridized carbons (Fsp3) is 0.417. The number of rotatable bonds is 1. The summed E-state index contributed by atoms with van der Waals surface area (Å²) in [5.41, 5.74) is 2.82. The van der Waals surface area contributed by atoms with Gasteiger partial charge in [-0.05, 0) is 19.8 Å². The predicted molar refractivity (Wildman–Crippen MR) is 66.3 cm³/mol. The molecule has 0 spiro atoms. The number of ketones is 1. The van der Waals surface area contributed by atoms with E-state index in [1.165, 1.54) is 0 Å². The first-order valence-corrected chi connectivity index (χ1v) is 6.50. The Labute approximate surface area is 103 Å². The molecule has 0 aliphatic heterocycles. The quantitative estimate of drug-likeness (QED) is 0.777. The van der Waals surface area contributed by atoms with E-state index in [4.69, 9.17) is 0 Å². The summed E-state index contributed by atoms with van der Waals surface area (Å²) in [6.07, 6.45) is 4.41. The lowest BCUT2D eigenvalue weighted by molar-refractivity contribution is 0.0968. The van der Waals surface area contributed by atoms with Gasteiger partial charge in [0.25, 0.3) is 0 Å². The Hall–Kier alpha value is -1.49. The number of hydrogen-bond acceptors (Lipinski definition) is 4. The number of nitrogens with zero attached hydrogens (tertiary/aromatic N) is 3. The highest BCUT2D eigenvalue weighted by molar-refractivity contribution is 7.15. The highest BCUT2D eigenvalue weighted by atomic mass is 32.1. The minimum absolute atomic E-state index is 0.190. The molecule has 1 aliphatic rings. The van der Waals surface area contributed by atoms with Gasteiger partial charge in [0.15, 0.2) is 5.78 Å². The van der Waals surface area contributed by atoms with E-state index in [9.17, 15) is 4.79 Å². The van der Waals surface area contributed by atoms with Gasteiger partial charge in [-0.25, -0.2) is 4.98 Å². The summed E-state index contributed by atoms with van der Waals surface area (Å²) in [7, 11) is 1.91. The summed E-state index contributed by atoms with van der Waals surface area (Å²) in [5, 5.41) is 5.14. The van der Waals surface area contributed by atoms with Gasteiger partial charge < -0.3 is 0 Å². The van der Waals surface area contributed by atoms with Gasteiger partial charge in [-0.3, -0.25) is 9.48 Å². The number of carbonyl (C=O) groups is 1. The van der Waals surface area contributed by atoms with Gasteiger partial charge in [-0.15, -0.1) is 11.3 Å². The molecule has 5 heteroatoms. The van der Waals surface area contributed by atoms with Crippen LogP contribution in [0.4, 0.5) is 0 Å². The van der Waals surface area contributed by atoms with Gasteiger partial charge in [0.2, 0.25) is 0 Å². The van der Waals surface area contributed by atoms with Crippen molar-refractivity contribution in [2.24, 2.45) is 7.05 Å². The van der Waals surface area contributed by atoms with Crippen molar-refractivity contribution >= 4 is 17.1 Å². The molecule has 0 radical (unpaired) electrons. The first-order valence-electron chi connectivity index (χ1n) is 5.68. The number of thiazole rings is 1. The summed E-state index contributed by atoms with van der Waals surface area (Å²) in [5.74, 6) is 0.190. The molecule has 0 N–H and O–H groups in total. The van der Waals surface area contributed by atoms with Crippen LogP contribution in [-0.4, -0.2) is 20.5 Å². The van der Waals surface area contributed by atoms with Gasteiger partial charge >= 0.3 is 0 Å². The third-order valence-corrected chi connectivity index (χ3v) is 4.38. The van der Waals surface area contributed by atoms with E-state index < -0.39 is 0 Å². The molecular weight excluding hydrogens is 234 g/mol. The lowest BCUT2D eigenvalue weighted by atomic mass is 10.0. The van der Waals surface area contributed by atoms with E-state index in [0.29, 0.717) is 12.1 Å². The number of carbonyl (C=O) groups excluding carboxylic acids is 1. The van der Waals surface area contributed by atoms with Crippen LogP contribution in [0.15, 0.2) is 6.20 Å². The molecular formula is C12H13N3OS. The predicted octanol–water partition coefficient (Wildman–Crippen LogP) is 2.37. The Bertz CT molecular complexity index is 597. The molecule has 0 saturated carbocycles. The number of hydrogen-bond donors (Lipinski definition) is 0. The second kappa shape index (κ2) is 3.77. The highest BCUT2D eigenvalue weighted by Crippen LogP contribution is 2.33. The summed E-state index contributed by atoms with van der Waals surface area (Å²) in [6, 6.07) is 0. The van der Waals surface area contributed by atoms with Crippen molar-refractivity contribution < 1.29 is 4.79 Å². The zero-order valence-electron chi connectivity index (χ0n) is 9.86. The second-order valence-electron chi connectivity index (χ2n) is 4.33. The smallest absolute Gasteiger partial charge is 0.182 e. The monoisotopic (exact) mass is 247 g/mol. The lowest BCUT2D eigenvalue weighted by Crippen LogP contribution is -2.08. The average molecular weight is 247 g/mol. The summed E-state index contributed by atoms with van der Waals surface area (Å²) >= 11 is 1.63. The molecule has 17 heavy (non-hydrogen) atoms. The third kappa shape index (κ3) is 1.61. The van der Waals surface area contributed by atoms with Crippen LogP contribution in [-0.2, 0) is 13.5 Å². The Balaban J connectivity index is 2.11. The Morgan fingerprint density at radius 1 is 1.41 bits per heavy atom. The van der Waals surface area contributed by atoms with Crippen molar-refractivity contribution in [1.82, 2.24) is 14.8 Å². The van der Waals surface area contributed by atoms with Gasteiger partial charge in [-0.1, -0.05) is 0 Å². The Kier molecular flexibility index (Phi) is 2.36. The SMILES string of the molecule is Cc1c(-c2nc3c(s2)CCCC3=O)cnn1C. The van der Waals surface area contributed by atoms with E-state index in [2.05, 4.69) is 10.1 Å². The molecule has 1 aliphatic carbocycles. The Morgan fingerprint density at radius 2 is 2.24 bits per heavy atom. The normalized spacial score (nSPS) is 15.1. The minimum Gasteiger partial charge on any atom is -0.292 e. The van der Waals surface area contributed by atoms with E-state index >= 15 is 0 Å². The van der Waals surface area contributed by atoms with Crippen LogP contribution in [0.3, 0.4) is 0 Å². The van der Waals surface area contributed by atoms with Gasteiger partial charge in [0, 0.05) is 24.0 Å². The maximum atomic E-state index is 11.7. The van der Waals surface area contributed by atoms with Gasteiger partial charge in [0.1, 0.15) is 10.7 Å². The zero-order chi connectivity index (χ0) is 12.0. The molecule has 4 nitrogen and oxygen atoms in total. The summed E-state index contributed by atoms with van der Waals surface area (Å²) < 4.78 is 1.83. The van der Waals surface area contributed by atoms with Crippen molar-refractivity contribution in [2.75, 3.05) is 0 Å². The lowest BCUT2D eigenvalue weighted by Gasteiger charge is -2.06. The van der Waals surface area contributed by atoms with E-state index in [0.717, 1.165) is 34.0 Å². The average Bonchev–Trinajstić information content (AvgIpc) is 2.85. The third-order valence-electron chi connectivity index (χ3n) is 3.23. The van der Waals surface area contributed by atoms with Crippen LogP contribution in [0.5, 0.6) is 0 Å². The van der Waals surface area contributed by atoms with Crippen molar-refractivity contribution in [3.63, 3.8) is 0 Å². The fourth-order valence-corrected chi connectivity index (χ4v) is 3.27. The molecule has 0 fully saturated rings. The molecule has 3 rings (SSSR count). The van der Waals surface area contributed by atoms with Crippen LogP contribution in [0, 0.1) is 6.92 Å². The van der Waals surface area contributed by atoms with E-state index in [1.54, 1.807) is 11.3 Å². The summed E-state index contributed by atoms with van der Waals surface area (Å²) in [4.78, 5) is 17.4. The zero-order valence-corrected chi connectivity index (χ0v) is 10.7. The molecule has 0 atom stereocenters. The molecule has 0 saturated heterocycles. The number of Topliss-reactive ketones (excluding diaryl/α,β-unsaturated/α-hetero) is 1. The molecule has 0 aromatic carbocycles. The van der Waals surface area contributed by atoms with Crippen LogP contribution in [0.1, 0.15) is 33.9 Å². The standard InChI is InChI=1S/C12H13N3OS/c1-7-8(6-13-15(7)2)12-14-11-9(16)4-3-5-10(11)17-12/h6H,3-5H2,1-2H3. The second-order valence-corrected chi connectivity index (χ2v) is 5.42. The van der Waals surface area contributed by atoms with Crippen LogP contribution in [0.25, 0.3) is 10.6 Å². The summed E-state index contributed by atoms with van der Waals surface area (Å²) in [6.45, 7) is 2.02. The number of aromatic nitrogens is 3. The first kappa shape index (κ1) is 10.7.